The van der Waals surface area contributed by atoms with Gasteiger partial charge in [-0.3, -0.25) is 4.79 Å². The number of methoxy groups -OCH3 is 5. The smallest absolute Gasteiger partial charge is 0.203 e. The first kappa shape index (κ1) is 27.4. The quantitative estimate of drug-likeness (QED) is 0.173. The molecule has 3 aromatic rings. The van der Waals surface area contributed by atoms with Gasteiger partial charge in [0.25, 0.3) is 0 Å². The lowest BCUT2D eigenvalue weighted by molar-refractivity contribution is 0.104. The number of ether oxygens (including phenoxy) is 5. The molecule has 0 bridgehead atoms. The highest BCUT2D eigenvalue weighted by Gasteiger charge is 2.13. The van der Waals surface area contributed by atoms with Crippen molar-refractivity contribution >= 4 is 35.2 Å². The van der Waals surface area contributed by atoms with Gasteiger partial charge in [0.05, 0.1) is 40.6 Å². The second kappa shape index (κ2) is 12.7. The van der Waals surface area contributed by atoms with Crippen LogP contribution in [0.1, 0.15) is 21.5 Å². The summed E-state index contributed by atoms with van der Waals surface area (Å²) in [4.78, 5) is 12.6. The van der Waals surface area contributed by atoms with Gasteiger partial charge in [0.2, 0.25) is 5.75 Å². The lowest BCUT2D eigenvalue weighted by Crippen LogP contribution is -1.99. The number of hydrogen-bond acceptors (Lipinski definition) is 7. The Morgan fingerprint density at radius 1 is 0.811 bits per heavy atom. The van der Waals surface area contributed by atoms with E-state index in [1.54, 1.807) is 36.4 Å². The molecule has 0 unspecified atom stereocenters. The van der Waals surface area contributed by atoms with Gasteiger partial charge in [-0.25, -0.2) is 4.39 Å². The predicted molar refractivity (Wildman–Crippen MR) is 143 cm³/mol. The largest absolute Gasteiger partial charge is 0.495 e. The summed E-state index contributed by atoms with van der Waals surface area (Å²) in [6.45, 7) is 0. The summed E-state index contributed by atoms with van der Waals surface area (Å²) in [6, 6.07) is 11.1. The number of nitrogens with one attached hydrogen (secondary N) is 1. The highest BCUT2D eigenvalue weighted by molar-refractivity contribution is 6.32. The van der Waals surface area contributed by atoms with E-state index in [2.05, 4.69) is 5.32 Å². The minimum atomic E-state index is -0.537. The topological polar surface area (TPSA) is 75.3 Å². The molecule has 0 spiro atoms. The zero-order valence-corrected chi connectivity index (χ0v) is 21.8. The molecule has 0 heterocycles. The molecule has 0 saturated heterocycles. The zero-order valence-electron chi connectivity index (χ0n) is 21.1. The van der Waals surface area contributed by atoms with E-state index in [4.69, 9.17) is 35.3 Å². The van der Waals surface area contributed by atoms with Crippen LogP contribution in [0.15, 0.2) is 54.7 Å². The van der Waals surface area contributed by atoms with Crippen LogP contribution in [0.25, 0.3) is 12.2 Å². The minimum Gasteiger partial charge on any atom is -0.495 e. The van der Waals surface area contributed by atoms with Crippen LogP contribution in [0.2, 0.25) is 5.02 Å². The van der Waals surface area contributed by atoms with Gasteiger partial charge in [-0.05, 0) is 42.0 Å². The second-order valence-electron chi connectivity index (χ2n) is 7.56. The Labute approximate surface area is 220 Å². The van der Waals surface area contributed by atoms with Crippen molar-refractivity contribution in [3.8, 4) is 28.7 Å². The number of allylic oxidation sites excluding steroid dienone is 1. The van der Waals surface area contributed by atoms with E-state index in [0.29, 0.717) is 44.8 Å². The molecular formula is C28H27ClFNO6. The normalized spacial score (nSPS) is 11.0. The number of anilines is 1. The molecule has 0 saturated carbocycles. The summed E-state index contributed by atoms with van der Waals surface area (Å²) in [6.07, 6.45) is 6.29. The van der Waals surface area contributed by atoms with Crippen LogP contribution in [0, 0.1) is 5.82 Å². The Morgan fingerprint density at radius 3 is 2.03 bits per heavy atom. The molecule has 0 aromatic heterocycles. The average molecular weight is 528 g/mol. The number of halogens is 2. The fraction of sp³-hybridized carbons (Fsp3) is 0.179. The van der Waals surface area contributed by atoms with Crippen LogP contribution in [0.3, 0.4) is 0 Å². The van der Waals surface area contributed by atoms with Crippen molar-refractivity contribution < 1.29 is 32.9 Å². The molecular weight excluding hydrogens is 501 g/mol. The third kappa shape index (κ3) is 6.54. The summed E-state index contributed by atoms with van der Waals surface area (Å²) in [5.41, 5.74) is 2.15. The molecule has 3 aromatic carbocycles. The first-order valence-corrected chi connectivity index (χ1v) is 11.4. The van der Waals surface area contributed by atoms with Crippen molar-refractivity contribution in [2.24, 2.45) is 0 Å². The molecule has 1 N–H and O–H groups in total. The third-order valence-corrected chi connectivity index (χ3v) is 5.67. The van der Waals surface area contributed by atoms with E-state index in [9.17, 15) is 9.18 Å². The van der Waals surface area contributed by atoms with Gasteiger partial charge in [0.15, 0.2) is 28.8 Å². The van der Waals surface area contributed by atoms with Crippen LogP contribution in [-0.4, -0.2) is 41.3 Å². The Hall–Kier alpha value is -4.17. The monoisotopic (exact) mass is 527 g/mol. The molecule has 0 aliphatic heterocycles. The highest BCUT2D eigenvalue weighted by atomic mass is 35.5. The van der Waals surface area contributed by atoms with Crippen LogP contribution in [0.4, 0.5) is 10.1 Å². The molecule has 0 atom stereocenters. The van der Waals surface area contributed by atoms with Gasteiger partial charge in [0, 0.05) is 35.2 Å². The van der Waals surface area contributed by atoms with E-state index in [1.165, 1.54) is 66.0 Å². The van der Waals surface area contributed by atoms with Crippen molar-refractivity contribution in [1.29, 1.82) is 0 Å². The molecule has 194 valence electrons. The lowest BCUT2D eigenvalue weighted by atomic mass is 10.1. The minimum absolute atomic E-state index is 0.0501. The molecule has 3 rings (SSSR count). The van der Waals surface area contributed by atoms with E-state index >= 15 is 0 Å². The number of ketones is 1. The Kier molecular flexibility index (Phi) is 9.40. The third-order valence-electron chi connectivity index (χ3n) is 5.38. The summed E-state index contributed by atoms with van der Waals surface area (Å²) >= 11 is 6.12. The molecule has 9 heteroatoms. The maximum Gasteiger partial charge on any atom is 0.203 e. The first-order valence-electron chi connectivity index (χ1n) is 11.0. The van der Waals surface area contributed by atoms with Gasteiger partial charge in [-0.2, -0.15) is 0 Å². The summed E-state index contributed by atoms with van der Waals surface area (Å²) in [5.74, 6) is 1.15. The Morgan fingerprint density at radius 2 is 1.46 bits per heavy atom. The van der Waals surface area contributed by atoms with Crippen molar-refractivity contribution in [3.05, 3.63) is 82.3 Å². The summed E-state index contributed by atoms with van der Waals surface area (Å²) < 4.78 is 40.9. The molecule has 0 radical (unpaired) electrons. The molecule has 37 heavy (non-hydrogen) atoms. The average Bonchev–Trinajstić information content (AvgIpc) is 2.91. The van der Waals surface area contributed by atoms with E-state index < -0.39 is 5.82 Å². The van der Waals surface area contributed by atoms with Crippen molar-refractivity contribution in [1.82, 2.24) is 0 Å². The number of rotatable bonds is 11. The van der Waals surface area contributed by atoms with Crippen molar-refractivity contribution in [2.75, 3.05) is 40.9 Å². The van der Waals surface area contributed by atoms with Crippen LogP contribution >= 0.6 is 11.6 Å². The van der Waals surface area contributed by atoms with E-state index in [1.807, 2.05) is 0 Å². The highest BCUT2D eigenvalue weighted by Crippen LogP contribution is 2.39. The standard InChI is InChI=1S/C28H27ClFNO6/c1-33-24-9-8-19(14-20(24)29)23(32)10-11-31-22-16-25(34-2)21(30)15-18(22)7-6-17-12-26(35-3)28(37-5)27(13-17)36-4/h6-16,31H,1-5H3. The van der Waals surface area contributed by atoms with Gasteiger partial charge in [-0.1, -0.05) is 23.8 Å². The number of carbonyl (C=O) groups excluding carboxylic acids is 1. The van der Waals surface area contributed by atoms with E-state index in [0.717, 1.165) is 5.56 Å². The lowest BCUT2D eigenvalue weighted by Gasteiger charge is -2.13. The van der Waals surface area contributed by atoms with Gasteiger partial charge >= 0.3 is 0 Å². The Balaban J connectivity index is 1.89. The maximum atomic E-state index is 14.5. The first-order chi connectivity index (χ1) is 17.8. The van der Waals surface area contributed by atoms with Crippen LogP contribution in [-0.2, 0) is 0 Å². The molecule has 0 aliphatic rings. The molecule has 0 amide bonds. The molecule has 0 aliphatic carbocycles. The summed E-state index contributed by atoms with van der Waals surface area (Å²) in [7, 11) is 7.45. The molecule has 7 nitrogen and oxygen atoms in total. The van der Waals surface area contributed by atoms with Crippen LogP contribution in [0.5, 0.6) is 28.7 Å². The number of carbonyl (C=O) groups is 1. The predicted octanol–water partition coefficient (Wildman–Crippen LogP) is 6.50. The maximum absolute atomic E-state index is 14.5. The SMILES string of the molecule is COc1cc(NC=CC(=O)c2ccc(OC)c(Cl)c2)c(C=Cc2cc(OC)c(OC)c(OC)c2)cc1F. The number of hydrogen-bond donors (Lipinski definition) is 1. The van der Waals surface area contributed by atoms with Gasteiger partial charge in [-0.15, -0.1) is 0 Å². The summed E-state index contributed by atoms with van der Waals surface area (Å²) in [5, 5.41) is 3.36. The fourth-order valence-electron chi connectivity index (χ4n) is 3.49. The number of benzene rings is 3. The van der Waals surface area contributed by atoms with Gasteiger partial charge in [0.1, 0.15) is 5.75 Å². The van der Waals surface area contributed by atoms with Crippen molar-refractivity contribution in [2.45, 2.75) is 0 Å². The van der Waals surface area contributed by atoms with Crippen molar-refractivity contribution in [3.63, 3.8) is 0 Å². The fourth-order valence-corrected chi connectivity index (χ4v) is 3.75. The van der Waals surface area contributed by atoms with E-state index in [-0.39, 0.29) is 11.5 Å². The molecule has 0 fully saturated rings. The van der Waals surface area contributed by atoms with Crippen LogP contribution < -0.4 is 29.0 Å². The van der Waals surface area contributed by atoms with Gasteiger partial charge < -0.3 is 29.0 Å². The zero-order chi connectivity index (χ0) is 26.9. The Bertz CT molecular complexity index is 1310. The second-order valence-corrected chi connectivity index (χ2v) is 7.96.